The van der Waals surface area contributed by atoms with Gasteiger partial charge in [0.1, 0.15) is 26.5 Å². The Kier molecular flexibility index (Phi) is 28.4. The van der Waals surface area contributed by atoms with Crippen molar-refractivity contribution in [2.24, 2.45) is 0 Å². The maximum absolute atomic E-state index is 9.09. The van der Waals surface area contributed by atoms with Crippen LogP contribution in [0.25, 0.3) is 0 Å². The van der Waals surface area contributed by atoms with Crippen LogP contribution in [0.2, 0.25) is 0 Å². The van der Waals surface area contributed by atoms with Gasteiger partial charge in [-0.25, -0.2) is 0 Å². The molecule has 0 bridgehead atoms. The van der Waals surface area contributed by atoms with Crippen LogP contribution in [0.5, 0.6) is 0 Å². The molecule has 1 rings (SSSR count). The summed E-state index contributed by atoms with van der Waals surface area (Å²) < 4.78 is 5.42. The van der Waals surface area contributed by atoms with Gasteiger partial charge in [-0.2, -0.15) is 0 Å². The van der Waals surface area contributed by atoms with E-state index in [-0.39, 0.29) is 36.4 Å². The maximum atomic E-state index is 9.09. The van der Waals surface area contributed by atoms with Crippen LogP contribution in [0.1, 0.15) is 20.3 Å². The van der Waals surface area contributed by atoms with E-state index in [0.717, 1.165) is 6.42 Å². The Hall–Kier alpha value is -1.11. The van der Waals surface area contributed by atoms with Gasteiger partial charge in [0.15, 0.2) is 0 Å². The van der Waals surface area contributed by atoms with Crippen LogP contribution < -0.4 is 0 Å². The number of carbonyl (C=O) groups is 3. The topological polar surface area (TPSA) is 101 Å². The van der Waals surface area contributed by atoms with Crippen LogP contribution in [-0.4, -0.2) is 56.0 Å². The molecule has 0 amide bonds. The minimum atomic E-state index is -0.770. The van der Waals surface area contributed by atoms with E-state index in [1.54, 1.807) is 0 Å². The zero-order chi connectivity index (χ0) is 16.6. The number of allylic oxidation sites excluding steroid dienone is 3. The Morgan fingerprint density at radius 2 is 1.71 bits per heavy atom. The molecule has 0 fully saturated rings. The first kappa shape index (κ1) is 28.1. The molecular formula is C14H24MnO6. The van der Waals surface area contributed by atoms with Crippen LogP contribution in [0.15, 0.2) is 23.3 Å². The van der Waals surface area contributed by atoms with E-state index in [9.17, 15) is 0 Å². The van der Waals surface area contributed by atoms with E-state index in [4.69, 9.17) is 29.3 Å². The average Bonchev–Trinajstić information content (AvgIpc) is 2.97. The Bertz CT molecular complexity index is 288. The fourth-order valence-electron chi connectivity index (χ4n) is 1.39. The molecule has 2 atom stereocenters. The van der Waals surface area contributed by atoms with E-state index in [0.29, 0.717) is 0 Å². The molecule has 123 valence electrons. The first-order valence-corrected chi connectivity index (χ1v) is 5.78. The van der Waals surface area contributed by atoms with Crippen LogP contribution in [0.4, 0.5) is 0 Å². The fourth-order valence-corrected chi connectivity index (χ4v) is 1.39. The van der Waals surface area contributed by atoms with Gasteiger partial charge in [-0.05, 0) is 25.8 Å². The standard InChI is InChI=1S/C11H18O3.3CH2O.Mn/c1-8-3-4-10(5-8)9(2)14-7-11(13)6-12;3*1-2;/h3,5,9,11-13H,4,6-7H2,1-2H3;3*1H2;. The Morgan fingerprint density at radius 3 is 2.05 bits per heavy atom. The zero-order valence-electron chi connectivity index (χ0n) is 12.5. The van der Waals surface area contributed by atoms with Crippen molar-refractivity contribution in [2.75, 3.05) is 13.2 Å². The second kappa shape index (κ2) is 21.2. The maximum Gasteiger partial charge on any atom is 0.106 e. The number of hydrogen-bond donors (Lipinski definition) is 2. The van der Waals surface area contributed by atoms with Crippen LogP contribution >= 0.6 is 0 Å². The molecule has 7 heteroatoms. The van der Waals surface area contributed by atoms with Crippen LogP contribution in [0, 0.1) is 0 Å². The molecule has 0 heterocycles. The summed E-state index contributed by atoms with van der Waals surface area (Å²) in [4.78, 5) is 24.0. The quantitative estimate of drug-likeness (QED) is 0.704. The number of hydrogen-bond acceptors (Lipinski definition) is 6. The third-order valence-electron chi connectivity index (χ3n) is 2.34. The second-order valence-electron chi connectivity index (χ2n) is 3.68. The van der Waals surface area contributed by atoms with Gasteiger partial charge in [-0.1, -0.05) is 17.7 Å². The summed E-state index contributed by atoms with van der Waals surface area (Å²) in [6.45, 7) is 9.96. The van der Waals surface area contributed by atoms with Crippen molar-refractivity contribution in [3.63, 3.8) is 0 Å². The molecule has 0 saturated heterocycles. The van der Waals surface area contributed by atoms with Gasteiger partial charge in [0, 0.05) is 17.1 Å². The van der Waals surface area contributed by atoms with Crippen molar-refractivity contribution in [1.82, 2.24) is 0 Å². The number of carbonyl (C=O) groups excluding carboxylic acids is 3. The molecule has 0 aromatic carbocycles. The fraction of sp³-hybridized carbons (Fsp3) is 0.500. The smallest absolute Gasteiger partial charge is 0.106 e. The molecule has 0 aliphatic heterocycles. The van der Waals surface area contributed by atoms with Gasteiger partial charge in [0.25, 0.3) is 0 Å². The molecule has 0 spiro atoms. The van der Waals surface area contributed by atoms with Gasteiger partial charge in [-0.15, -0.1) is 0 Å². The summed E-state index contributed by atoms with van der Waals surface area (Å²) >= 11 is 0. The Labute approximate surface area is 136 Å². The molecule has 1 aliphatic carbocycles. The third kappa shape index (κ3) is 15.1. The molecule has 1 aliphatic rings. The van der Waals surface area contributed by atoms with Crippen LogP contribution in [0.3, 0.4) is 0 Å². The molecular weight excluding hydrogens is 319 g/mol. The molecule has 0 aromatic heterocycles. The van der Waals surface area contributed by atoms with Gasteiger partial charge >= 0.3 is 0 Å². The van der Waals surface area contributed by atoms with Gasteiger partial charge in [0.2, 0.25) is 0 Å². The molecule has 0 aromatic rings. The van der Waals surface area contributed by atoms with E-state index >= 15 is 0 Å². The first-order chi connectivity index (χ1) is 9.63. The summed E-state index contributed by atoms with van der Waals surface area (Å²) in [5.41, 5.74) is 2.49. The Balaban J connectivity index is -0.000000183. The summed E-state index contributed by atoms with van der Waals surface area (Å²) in [5, 5.41) is 17.7. The minimum Gasteiger partial charge on any atom is -0.394 e. The number of ether oxygens (including phenoxy) is 1. The van der Waals surface area contributed by atoms with Crippen molar-refractivity contribution in [2.45, 2.75) is 32.5 Å². The van der Waals surface area contributed by atoms with Crippen molar-refractivity contribution >= 4 is 20.4 Å². The number of aliphatic hydroxyl groups excluding tert-OH is 2. The normalized spacial score (nSPS) is 14.1. The van der Waals surface area contributed by atoms with Crippen molar-refractivity contribution in [3.8, 4) is 0 Å². The largest absolute Gasteiger partial charge is 0.394 e. The predicted molar refractivity (Wildman–Crippen MR) is 76.3 cm³/mol. The van der Waals surface area contributed by atoms with Gasteiger partial charge < -0.3 is 29.3 Å². The zero-order valence-corrected chi connectivity index (χ0v) is 13.6. The van der Waals surface area contributed by atoms with E-state index in [1.807, 2.05) is 27.3 Å². The summed E-state index contributed by atoms with van der Waals surface area (Å²) in [5.74, 6) is 0. The monoisotopic (exact) mass is 343 g/mol. The summed E-state index contributed by atoms with van der Waals surface area (Å²) in [6.07, 6.45) is 4.44. The van der Waals surface area contributed by atoms with Gasteiger partial charge in [0.05, 0.1) is 19.3 Å². The molecule has 21 heavy (non-hydrogen) atoms. The third-order valence-corrected chi connectivity index (χ3v) is 2.34. The van der Waals surface area contributed by atoms with Gasteiger partial charge in [-0.3, -0.25) is 0 Å². The number of aliphatic hydroxyl groups is 2. The average molecular weight is 343 g/mol. The molecule has 0 saturated carbocycles. The van der Waals surface area contributed by atoms with Crippen LogP contribution in [-0.2, 0) is 36.2 Å². The number of rotatable bonds is 5. The molecule has 2 unspecified atom stereocenters. The summed E-state index contributed by atoms with van der Waals surface area (Å²) in [7, 11) is 0. The summed E-state index contributed by atoms with van der Waals surface area (Å²) in [6, 6.07) is 0. The second-order valence-corrected chi connectivity index (χ2v) is 3.68. The van der Waals surface area contributed by atoms with E-state index in [1.165, 1.54) is 11.1 Å². The van der Waals surface area contributed by atoms with Crippen molar-refractivity contribution in [1.29, 1.82) is 0 Å². The molecule has 2 N–H and O–H groups in total. The first-order valence-electron chi connectivity index (χ1n) is 5.78. The molecule has 6 nitrogen and oxygen atoms in total. The minimum absolute atomic E-state index is 0. The van der Waals surface area contributed by atoms with E-state index in [2.05, 4.69) is 19.1 Å². The molecule has 1 radical (unpaired) electrons. The SMILES string of the molecule is C=O.C=O.C=O.CC1=CCC(C(C)OCC(O)CO)=C1.[Mn]. The Morgan fingerprint density at radius 1 is 1.24 bits per heavy atom. The van der Waals surface area contributed by atoms with E-state index < -0.39 is 6.10 Å². The predicted octanol–water partition coefficient (Wildman–Crippen LogP) is 0.464. The van der Waals surface area contributed by atoms with Crippen molar-refractivity contribution in [3.05, 3.63) is 23.3 Å². The van der Waals surface area contributed by atoms with Crippen molar-refractivity contribution < 1.29 is 46.4 Å².